The highest BCUT2D eigenvalue weighted by Gasteiger charge is 2.01. The summed E-state index contributed by atoms with van der Waals surface area (Å²) in [5.74, 6) is 1.56. The van der Waals surface area contributed by atoms with E-state index in [1.54, 1.807) is 6.08 Å². The Balaban J connectivity index is 3.86. The minimum atomic E-state index is 0.127. The molecule has 1 atom stereocenters. The SMILES string of the molecule is CSC(=O)/C=C(C)/C=C/CC(C)CCCC(C)C. The van der Waals surface area contributed by atoms with Crippen LogP contribution in [0.1, 0.15) is 53.4 Å². The zero-order valence-corrected chi connectivity index (χ0v) is 13.3. The standard InChI is InChI=1S/C16H28OS/c1-13(2)8-6-9-14(3)10-7-11-15(4)12-16(17)18-5/h7,11-14H,6,8-10H2,1-5H3/b11-7+,15-12+. The van der Waals surface area contributed by atoms with Crippen molar-refractivity contribution in [3.63, 3.8) is 0 Å². The van der Waals surface area contributed by atoms with Gasteiger partial charge in [-0.1, -0.05) is 63.9 Å². The second kappa shape index (κ2) is 10.4. The molecule has 1 unspecified atom stereocenters. The highest BCUT2D eigenvalue weighted by atomic mass is 32.2. The van der Waals surface area contributed by atoms with E-state index < -0.39 is 0 Å². The van der Waals surface area contributed by atoms with Crippen molar-refractivity contribution < 1.29 is 4.79 Å². The van der Waals surface area contributed by atoms with Crippen molar-refractivity contribution in [2.75, 3.05) is 6.26 Å². The number of thioether (sulfide) groups is 1. The molecule has 0 radical (unpaired) electrons. The lowest BCUT2D eigenvalue weighted by Crippen LogP contribution is -1.95. The first kappa shape index (κ1) is 17.5. The molecule has 0 saturated carbocycles. The van der Waals surface area contributed by atoms with E-state index in [-0.39, 0.29) is 5.12 Å². The molecule has 104 valence electrons. The van der Waals surface area contributed by atoms with Crippen LogP contribution in [0.25, 0.3) is 0 Å². The zero-order valence-electron chi connectivity index (χ0n) is 12.5. The Hall–Kier alpha value is -0.500. The Labute approximate surface area is 117 Å². The highest BCUT2D eigenvalue weighted by molar-refractivity contribution is 8.13. The van der Waals surface area contributed by atoms with Gasteiger partial charge in [-0.25, -0.2) is 0 Å². The molecule has 0 spiro atoms. The van der Waals surface area contributed by atoms with Crippen molar-refractivity contribution in [2.45, 2.75) is 53.4 Å². The lowest BCUT2D eigenvalue weighted by atomic mass is 9.97. The third kappa shape index (κ3) is 10.6. The fourth-order valence-corrected chi connectivity index (χ4v) is 2.08. The average molecular weight is 268 g/mol. The van der Waals surface area contributed by atoms with Gasteiger partial charge in [-0.05, 0) is 43.1 Å². The number of allylic oxidation sites excluding steroid dienone is 3. The normalized spacial score (nSPS) is 14.4. The zero-order chi connectivity index (χ0) is 14.0. The summed E-state index contributed by atoms with van der Waals surface area (Å²) in [4.78, 5) is 11.2. The smallest absolute Gasteiger partial charge is 0.212 e. The van der Waals surface area contributed by atoms with E-state index in [4.69, 9.17) is 0 Å². The van der Waals surface area contributed by atoms with Crippen LogP contribution in [0.4, 0.5) is 0 Å². The van der Waals surface area contributed by atoms with E-state index in [0.717, 1.165) is 23.8 Å². The van der Waals surface area contributed by atoms with Crippen LogP contribution < -0.4 is 0 Å². The average Bonchev–Trinajstić information content (AvgIpc) is 2.28. The third-order valence-electron chi connectivity index (χ3n) is 2.94. The molecule has 1 nitrogen and oxygen atoms in total. The fourth-order valence-electron chi connectivity index (χ4n) is 1.77. The van der Waals surface area contributed by atoms with Gasteiger partial charge in [0.15, 0.2) is 0 Å². The molecule has 0 N–H and O–H groups in total. The molecule has 0 saturated heterocycles. The molecule has 0 heterocycles. The van der Waals surface area contributed by atoms with Crippen molar-refractivity contribution in [2.24, 2.45) is 11.8 Å². The van der Waals surface area contributed by atoms with E-state index >= 15 is 0 Å². The maximum Gasteiger partial charge on any atom is 0.212 e. The highest BCUT2D eigenvalue weighted by Crippen LogP contribution is 2.16. The Morgan fingerprint density at radius 3 is 2.44 bits per heavy atom. The topological polar surface area (TPSA) is 17.1 Å². The van der Waals surface area contributed by atoms with Gasteiger partial charge < -0.3 is 0 Å². The summed E-state index contributed by atoms with van der Waals surface area (Å²) < 4.78 is 0. The minimum absolute atomic E-state index is 0.127. The summed E-state index contributed by atoms with van der Waals surface area (Å²) in [6.45, 7) is 8.84. The number of carbonyl (C=O) groups is 1. The van der Waals surface area contributed by atoms with E-state index in [9.17, 15) is 4.79 Å². The van der Waals surface area contributed by atoms with Crippen molar-refractivity contribution in [3.8, 4) is 0 Å². The summed E-state index contributed by atoms with van der Waals surface area (Å²) >= 11 is 1.26. The van der Waals surface area contributed by atoms with Crippen LogP contribution in [-0.4, -0.2) is 11.4 Å². The Bertz CT molecular complexity index is 289. The van der Waals surface area contributed by atoms with Gasteiger partial charge in [0.05, 0.1) is 0 Å². The van der Waals surface area contributed by atoms with Crippen LogP contribution >= 0.6 is 11.8 Å². The Morgan fingerprint density at radius 1 is 1.22 bits per heavy atom. The summed E-state index contributed by atoms with van der Waals surface area (Å²) in [5.41, 5.74) is 1.05. The first-order chi connectivity index (χ1) is 8.45. The molecule has 0 aliphatic carbocycles. The minimum Gasteiger partial charge on any atom is -0.282 e. The van der Waals surface area contributed by atoms with Crippen molar-refractivity contribution in [1.29, 1.82) is 0 Å². The van der Waals surface area contributed by atoms with Gasteiger partial charge in [0.25, 0.3) is 0 Å². The lowest BCUT2D eigenvalue weighted by molar-refractivity contribution is -0.107. The van der Waals surface area contributed by atoms with Gasteiger partial charge in [-0.15, -0.1) is 0 Å². The maximum atomic E-state index is 11.2. The van der Waals surface area contributed by atoms with E-state index in [0.29, 0.717) is 0 Å². The van der Waals surface area contributed by atoms with E-state index in [1.165, 1.54) is 31.0 Å². The Morgan fingerprint density at radius 2 is 1.89 bits per heavy atom. The second-order valence-electron chi connectivity index (χ2n) is 5.48. The molecule has 0 aromatic heterocycles. The van der Waals surface area contributed by atoms with Crippen LogP contribution in [0, 0.1) is 11.8 Å². The summed E-state index contributed by atoms with van der Waals surface area (Å²) in [6.07, 6.45) is 12.8. The monoisotopic (exact) mass is 268 g/mol. The van der Waals surface area contributed by atoms with Crippen LogP contribution in [0.5, 0.6) is 0 Å². The Kier molecular flexibility index (Phi) is 10.1. The van der Waals surface area contributed by atoms with Crippen molar-refractivity contribution in [1.82, 2.24) is 0 Å². The largest absolute Gasteiger partial charge is 0.282 e. The predicted octanol–water partition coefficient (Wildman–Crippen LogP) is 5.23. The molecule has 0 rings (SSSR count). The summed E-state index contributed by atoms with van der Waals surface area (Å²) in [7, 11) is 0. The van der Waals surface area contributed by atoms with Gasteiger partial charge >= 0.3 is 0 Å². The second-order valence-corrected chi connectivity index (χ2v) is 6.29. The molecule has 0 fully saturated rings. The first-order valence-corrected chi connectivity index (χ1v) is 8.11. The van der Waals surface area contributed by atoms with Crippen molar-refractivity contribution >= 4 is 16.9 Å². The van der Waals surface area contributed by atoms with Gasteiger partial charge in [-0.3, -0.25) is 4.79 Å². The quantitative estimate of drug-likeness (QED) is 0.443. The molecule has 2 heteroatoms. The summed E-state index contributed by atoms with van der Waals surface area (Å²) in [6, 6.07) is 0. The van der Waals surface area contributed by atoms with Crippen LogP contribution in [0.3, 0.4) is 0 Å². The number of carbonyl (C=O) groups excluding carboxylic acids is 1. The molecule has 0 aliphatic heterocycles. The van der Waals surface area contributed by atoms with Crippen LogP contribution in [-0.2, 0) is 4.79 Å². The number of hydrogen-bond acceptors (Lipinski definition) is 2. The maximum absolute atomic E-state index is 11.2. The molecule has 0 aliphatic rings. The number of hydrogen-bond donors (Lipinski definition) is 0. The van der Waals surface area contributed by atoms with Crippen LogP contribution in [0.15, 0.2) is 23.8 Å². The molecule has 0 aromatic rings. The molecule has 18 heavy (non-hydrogen) atoms. The summed E-state index contributed by atoms with van der Waals surface area (Å²) in [5, 5.41) is 0.127. The van der Waals surface area contributed by atoms with Gasteiger partial charge in [0.2, 0.25) is 5.12 Å². The van der Waals surface area contributed by atoms with Crippen molar-refractivity contribution in [3.05, 3.63) is 23.8 Å². The van der Waals surface area contributed by atoms with E-state index in [1.807, 2.05) is 13.2 Å². The van der Waals surface area contributed by atoms with E-state index in [2.05, 4.69) is 32.9 Å². The third-order valence-corrected chi connectivity index (χ3v) is 3.46. The predicted molar refractivity (Wildman–Crippen MR) is 83.9 cm³/mol. The van der Waals surface area contributed by atoms with Gasteiger partial charge in [0, 0.05) is 0 Å². The number of rotatable bonds is 8. The fraction of sp³-hybridized carbons (Fsp3) is 0.688. The van der Waals surface area contributed by atoms with Gasteiger partial charge in [0.1, 0.15) is 0 Å². The lowest BCUT2D eigenvalue weighted by Gasteiger charge is -2.09. The molecule has 0 amide bonds. The molecular formula is C16H28OS. The molecular weight excluding hydrogens is 240 g/mol. The van der Waals surface area contributed by atoms with Gasteiger partial charge in [-0.2, -0.15) is 0 Å². The van der Waals surface area contributed by atoms with Crippen LogP contribution in [0.2, 0.25) is 0 Å². The molecule has 0 bridgehead atoms. The molecule has 0 aromatic carbocycles. The first-order valence-electron chi connectivity index (χ1n) is 6.88.